The van der Waals surface area contributed by atoms with Crippen LogP contribution in [0.1, 0.15) is 32.0 Å². The number of anilines is 1. The molecule has 0 spiro atoms. The topological polar surface area (TPSA) is 72.4 Å². The second kappa shape index (κ2) is 8.83. The Hall–Kier alpha value is -3.29. The Labute approximate surface area is 188 Å². The summed E-state index contributed by atoms with van der Waals surface area (Å²) in [5, 5.41) is 1.11. The summed E-state index contributed by atoms with van der Waals surface area (Å²) in [6.07, 6.45) is 1.67. The number of fused-ring (bicyclic) bond motifs is 1. The predicted molar refractivity (Wildman–Crippen MR) is 122 cm³/mol. The van der Waals surface area contributed by atoms with Crippen LogP contribution in [0.3, 0.4) is 0 Å². The Balaban J connectivity index is 1.83. The van der Waals surface area contributed by atoms with Crippen molar-refractivity contribution in [2.24, 2.45) is 0 Å². The quantitative estimate of drug-likeness (QED) is 0.385. The minimum atomic E-state index is -0.575. The van der Waals surface area contributed by atoms with E-state index in [2.05, 4.69) is 4.98 Å². The Morgan fingerprint density at radius 1 is 1.10 bits per heavy atom. The van der Waals surface area contributed by atoms with Gasteiger partial charge in [-0.3, -0.25) is 14.7 Å². The molecule has 2 heterocycles. The third-order valence-corrected chi connectivity index (χ3v) is 5.97. The summed E-state index contributed by atoms with van der Waals surface area (Å²) in [7, 11) is 1.29. The van der Waals surface area contributed by atoms with Crippen LogP contribution < -0.4 is 4.90 Å². The van der Waals surface area contributed by atoms with E-state index in [0.29, 0.717) is 15.8 Å². The number of aryl methyl sites for hydroxylation is 1. The van der Waals surface area contributed by atoms with Crippen molar-refractivity contribution in [3.8, 4) is 0 Å². The average molecular weight is 452 g/mol. The van der Waals surface area contributed by atoms with Gasteiger partial charge in [-0.05, 0) is 48.9 Å². The van der Waals surface area contributed by atoms with Crippen LogP contribution in [-0.2, 0) is 11.3 Å². The zero-order chi connectivity index (χ0) is 22.0. The molecule has 0 saturated heterocycles. The molecule has 0 unspecified atom stereocenters. The number of hydrogen-bond donors (Lipinski definition) is 0. The van der Waals surface area contributed by atoms with Crippen molar-refractivity contribution in [3.05, 3.63) is 88.2 Å². The van der Waals surface area contributed by atoms with Crippen molar-refractivity contribution >= 4 is 50.2 Å². The first kappa shape index (κ1) is 21.0. The van der Waals surface area contributed by atoms with Gasteiger partial charge < -0.3 is 4.74 Å². The van der Waals surface area contributed by atoms with Crippen molar-refractivity contribution in [1.82, 2.24) is 9.97 Å². The number of carbonyl (C=O) groups is 2. The molecule has 0 radical (unpaired) electrons. The summed E-state index contributed by atoms with van der Waals surface area (Å²) < 4.78 is 5.73. The lowest BCUT2D eigenvalue weighted by Gasteiger charge is -2.20. The fraction of sp³-hybridized carbons (Fsp3) is 0.130. The van der Waals surface area contributed by atoms with E-state index in [4.69, 9.17) is 21.3 Å². The number of halogens is 1. The van der Waals surface area contributed by atoms with E-state index in [9.17, 15) is 9.59 Å². The third kappa shape index (κ3) is 4.28. The molecule has 0 N–H and O–H groups in total. The van der Waals surface area contributed by atoms with E-state index in [1.54, 1.807) is 30.5 Å². The van der Waals surface area contributed by atoms with Crippen LogP contribution in [0.25, 0.3) is 10.2 Å². The number of rotatable bonds is 5. The van der Waals surface area contributed by atoms with Crippen LogP contribution in [0.2, 0.25) is 5.02 Å². The number of ether oxygens (including phenoxy) is 1. The van der Waals surface area contributed by atoms with Gasteiger partial charge in [0, 0.05) is 11.2 Å². The maximum absolute atomic E-state index is 13.7. The molecular formula is C23H18ClN3O3S. The standard InChI is InChI=1S/C23H18ClN3O3S/c1-14-11-15(24)12-19-20(14)26-23(31-19)27(13-16-7-5-6-10-25-16)21(28)17-8-3-4-9-18(17)22(29)30-2/h3-12H,13H2,1-2H3. The SMILES string of the molecule is COC(=O)c1ccccc1C(=O)N(Cc1ccccn1)c1nc2c(C)cc(Cl)cc2s1. The summed E-state index contributed by atoms with van der Waals surface area (Å²) in [5.41, 5.74) is 2.83. The first-order valence-electron chi connectivity index (χ1n) is 9.43. The van der Waals surface area contributed by atoms with Gasteiger partial charge in [0.2, 0.25) is 0 Å². The average Bonchev–Trinajstić information content (AvgIpc) is 3.21. The summed E-state index contributed by atoms with van der Waals surface area (Å²) in [6, 6.07) is 15.7. The smallest absolute Gasteiger partial charge is 0.338 e. The summed E-state index contributed by atoms with van der Waals surface area (Å²) in [4.78, 5) is 36.5. The molecule has 0 aliphatic carbocycles. The number of aromatic nitrogens is 2. The van der Waals surface area contributed by atoms with Gasteiger partial charge in [0.25, 0.3) is 5.91 Å². The molecule has 0 atom stereocenters. The van der Waals surface area contributed by atoms with E-state index in [1.165, 1.54) is 23.3 Å². The summed E-state index contributed by atoms with van der Waals surface area (Å²) in [6.45, 7) is 2.12. The monoisotopic (exact) mass is 451 g/mol. The predicted octanol–water partition coefficient (Wildman–Crippen LogP) is 5.29. The van der Waals surface area contributed by atoms with E-state index < -0.39 is 5.97 Å². The zero-order valence-electron chi connectivity index (χ0n) is 16.8. The third-order valence-electron chi connectivity index (χ3n) is 4.72. The minimum Gasteiger partial charge on any atom is -0.465 e. The van der Waals surface area contributed by atoms with Crippen LogP contribution in [-0.4, -0.2) is 29.0 Å². The molecule has 2 aromatic heterocycles. The highest BCUT2D eigenvalue weighted by Crippen LogP contribution is 2.34. The second-order valence-electron chi connectivity index (χ2n) is 6.82. The first-order valence-corrected chi connectivity index (χ1v) is 10.6. The maximum atomic E-state index is 13.7. The molecule has 0 fully saturated rings. The maximum Gasteiger partial charge on any atom is 0.338 e. The molecule has 156 valence electrons. The van der Waals surface area contributed by atoms with E-state index >= 15 is 0 Å². The number of thiazole rings is 1. The molecular weight excluding hydrogens is 434 g/mol. The molecule has 4 aromatic rings. The first-order chi connectivity index (χ1) is 15.0. The number of nitrogens with zero attached hydrogens (tertiary/aromatic N) is 3. The Morgan fingerprint density at radius 2 is 1.84 bits per heavy atom. The van der Waals surface area contributed by atoms with E-state index in [1.807, 2.05) is 37.3 Å². The van der Waals surface area contributed by atoms with Gasteiger partial charge in [0.05, 0.1) is 40.7 Å². The van der Waals surface area contributed by atoms with E-state index in [-0.39, 0.29) is 23.6 Å². The molecule has 0 saturated carbocycles. The highest BCUT2D eigenvalue weighted by Gasteiger charge is 2.26. The van der Waals surface area contributed by atoms with Gasteiger partial charge in [0.15, 0.2) is 5.13 Å². The molecule has 2 aromatic carbocycles. The molecule has 31 heavy (non-hydrogen) atoms. The number of methoxy groups -OCH3 is 1. The van der Waals surface area contributed by atoms with Crippen LogP contribution in [0.4, 0.5) is 5.13 Å². The number of benzene rings is 2. The number of hydrogen-bond acceptors (Lipinski definition) is 6. The normalized spacial score (nSPS) is 10.8. The van der Waals surface area contributed by atoms with Crippen molar-refractivity contribution < 1.29 is 14.3 Å². The largest absolute Gasteiger partial charge is 0.465 e. The van der Waals surface area contributed by atoms with Gasteiger partial charge in [-0.1, -0.05) is 41.1 Å². The highest BCUT2D eigenvalue weighted by atomic mass is 35.5. The lowest BCUT2D eigenvalue weighted by atomic mass is 10.1. The Kier molecular flexibility index (Phi) is 5.97. The number of esters is 1. The lowest BCUT2D eigenvalue weighted by Crippen LogP contribution is -2.32. The number of amides is 1. The van der Waals surface area contributed by atoms with Crippen molar-refractivity contribution in [3.63, 3.8) is 0 Å². The Bertz CT molecular complexity index is 1270. The summed E-state index contributed by atoms with van der Waals surface area (Å²) >= 11 is 7.57. The zero-order valence-corrected chi connectivity index (χ0v) is 18.4. The van der Waals surface area contributed by atoms with Crippen molar-refractivity contribution in [2.75, 3.05) is 12.0 Å². The molecule has 0 aliphatic heterocycles. The second-order valence-corrected chi connectivity index (χ2v) is 8.26. The fourth-order valence-electron chi connectivity index (χ4n) is 3.24. The van der Waals surface area contributed by atoms with Crippen LogP contribution >= 0.6 is 22.9 Å². The molecule has 8 heteroatoms. The highest BCUT2D eigenvalue weighted by molar-refractivity contribution is 7.22. The number of pyridine rings is 1. The lowest BCUT2D eigenvalue weighted by molar-refractivity contribution is 0.0597. The molecule has 1 amide bonds. The van der Waals surface area contributed by atoms with Crippen molar-refractivity contribution in [2.45, 2.75) is 13.5 Å². The molecule has 6 nitrogen and oxygen atoms in total. The number of carbonyl (C=O) groups excluding carboxylic acids is 2. The van der Waals surface area contributed by atoms with Gasteiger partial charge in [-0.15, -0.1) is 0 Å². The summed E-state index contributed by atoms with van der Waals surface area (Å²) in [5.74, 6) is -0.942. The van der Waals surface area contributed by atoms with Crippen molar-refractivity contribution in [1.29, 1.82) is 0 Å². The molecule has 0 bridgehead atoms. The van der Waals surface area contributed by atoms with Crippen LogP contribution in [0, 0.1) is 6.92 Å². The molecule has 0 aliphatic rings. The minimum absolute atomic E-state index is 0.196. The van der Waals surface area contributed by atoms with E-state index in [0.717, 1.165) is 15.8 Å². The van der Waals surface area contributed by atoms with Gasteiger partial charge >= 0.3 is 5.97 Å². The van der Waals surface area contributed by atoms with Crippen LogP contribution in [0.15, 0.2) is 60.8 Å². The van der Waals surface area contributed by atoms with Gasteiger partial charge in [-0.25, -0.2) is 9.78 Å². The van der Waals surface area contributed by atoms with Gasteiger partial charge in [-0.2, -0.15) is 0 Å². The fourth-order valence-corrected chi connectivity index (χ4v) is 4.66. The molecule has 4 rings (SSSR count). The Morgan fingerprint density at radius 3 is 2.55 bits per heavy atom. The van der Waals surface area contributed by atoms with Gasteiger partial charge in [0.1, 0.15) is 0 Å². The van der Waals surface area contributed by atoms with Crippen LogP contribution in [0.5, 0.6) is 0 Å².